The zero-order valence-corrected chi connectivity index (χ0v) is 20.1. The fourth-order valence-corrected chi connectivity index (χ4v) is 4.13. The number of benzene rings is 2. The number of amides is 4. The van der Waals surface area contributed by atoms with Gasteiger partial charge in [-0.3, -0.25) is 0 Å². The molecule has 186 valence electrons. The van der Waals surface area contributed by atoms with Crippen LogP contribution in [0, 0.1) is 22.9 Å². The lowest BCUT2D eigenvalue weighted by Gasteiger charge is -2.28. The van der Waals surface area contributed by atoms with E-state index >= 15 is 0 Å². The van der Waals surface area contributed by atoms with Gasteiger partial charge in [-0.2, -0.15) is 0 Å². The number of rotatable bonds is 3. The Morgan fingerprint density at radius 1 is 0.971 bits per heavy atom. The van der Waals surface area contributed by atoms with Crippen LogP contribution in [0.15, 0.2) is 36.4 Å². The van der Waals surface area contributed by atoms with Crippen molar-refractivity contribution in [2.75, 3.05) is 25.0 Å². The van der Waals surface area contributed by atoms with Gasteiger partial charge in [-0.05, 0) is 46.7 Å². The van der Waals surface area contributed by atoms with E-state index in [1.54, 1.807) is 17.0 Å². The Kier molecular flexibility index (Phi) is 6.78. The SMILES string of the molecule is CC(C)(C)CNC(=O)N1CC=C(c2ccc(NC(=O)N3Cc4cc(F)c(F)c(F)c4C3)cc2)CC1. The molecule has 2 N–H and O–H groups in total. The van der Waals surface area contributed by atoms with E-state index in [0.717, 1.165) is 23.6 Å². The molecule has 0 radical (unpaired) electrons. The van der Waals surface area contributed by atoms with Crippen molar-refractivity contribution in [2.24, 2.45) is 5.41 Å². The zero-order chi connectivity index (χ0) is 25.3. The van der Waals surface area contributed by atoms with E-state index in [1.807, 2.05) is 18.2 Å². The second-order valence-electron chi connectivity index (χ2n) is 10.1. The molecule has 9 heteroatoms. The fraction of sp³-hybridized carbons (Fsp3) is 0.385. The van der Waals surface area contributed by atoms with Gasteiger partial charge in [0.1, 0.15) is 0 Å². The molecule has 2 aliphatic heterocycles. The molecule has 0 aliphatic carbocycles. The molecule has 2 heterocycles. The Bertz CT molecular complexity index is 1170. The van der Waals surface area contributed by atoms with Crippen LogP contribution >= 0.6 is 0 Å². The molecule has 0 bridgehead atoms. The predicted octanol–water partition coefficient (Wildman–Crippen LogP) is 5.50. The molecule has 2 aliphatic rings. The molecule has 0 spiro atoms. The monoisotopic (exact) mass is 486 g/mol. The summed E-state index contributed by atoms with van der Waals surface area (Å²) in [7, 11) is 0. The quantitative estimate of drug-likeness (QED) is 0.563. The van der Waals surface area contributed by atoms with E-state index in [0.29, 0.717) is 25.3 Å². The Morgan fingerprint density at radius 3 is 2.31 bits per heavy atom. The summed E-state index contributed by atoms with van der Waals surface area (Å²) in [5, 5.41) is 5.71. The maximum Gasteiger partial charge on any atom is 0.322 e. The van der Waals surface area contributed by atoms with Crippen LogP contribution < -0.4 is 10.6 Å². The summed E-state index contributed by atoms with van der Waals surface area (Å²) in [6.07, 6.45) is 2.75. The molecule has 0 saturated carbocycles. The molecule has 0 aromatic heterocycles. The number of hydrogen-bond acceptors (Lipinski definition) is 2. The first kappa shape index (κ1) is 24.6. The Balaban J connectivity index is 1.33. The van der Waals surface area contributed by atoms with Crippen LogP contribution in [0.25, 0.3) is 5.57 Å². The van der Waals surface area contributed by atoms with E-state index in [1.165, 1.54) is 4.90 Å². The molecule has 4 amide bonds. The highest BCUT2D eigenvalue weighted by Crippen LogP contribution is 2.29. The smallest absolute Gasteiger partial charge is 0.322 e. The van der Waals surface area contributed by atoms with Gasteiger partial charge in [-0.1, -0.05) is 39.0 Å². The number of urea groups is 2. The van der Waals surface area contributed by atoms with Crippen LogP contribution in [-0.4, -0.2) is 41.5 Å². The van der Waals surface area contributed by atoms with E-state index < -0.39 is 23.5 Å². The van der Waals surface area contributed by atoms with E-state index in [-0.39, 0.29) is 35.7 Å². The largest absolute Gasteiger partial charge is 0.337 e. The number of nitrogens with zero attached hydrogens (tertiary/aromatic N) is 2. The summed E-state index contributed by atoms with van der Waals surface area (Å²) < 4.78 is 41.0. The highest BCUT2D eigenvalue weighted by atomic mass is 19.2. The highest BCUT2D eigenvalue weighted by molar-refractivity contribution is 5.90. The van der Waals surface area contributed by atoms with Crippen molar-refractivity contribution in [3.63, 3.8) is 0 Å². The first-order valence-corrected chi connectivity index (χ1v) is 11.6. The average molecular weight is 487 g/mol. The lowest BCUT2D eigenvalue weighted by Crippen LogP contribution is -2.44. The van der Waals surface area contributed by atoms with E-state index in [9.17, 15) is 22.8 Å². The number of hydrogen-bond donors (Lipinski definition) is 2. The van der Waals surface area contributed by atoms with Crippen molar-refractivity contribution >= 4 is 23.3 Å². The summed E-state index contributed by atoms with van der Waals surface area (Å²) >= 11 is 0. The molecule has 0 atom stereocenters. The molecule has 0 saturated heterocycles. The molecule has 0 fully saturated rings. The zero-order valence-electron chi connectivity index (χ0n) is 20.1. The molecule has 2 aromatic rings. The average Bonchev–Trinajstić information content (AvgIpc) is 3.25. The first-order chi connectivity index (χ1) is 16.5. The maximum atomic E-state index is 14.0. The summed E-state index contributed by atoms with van der Waals surface area (Å²) in [5.74, 6) is -4.03. The van der Waals surface area contributed by atoms with Gasteiger partial charge >= 0.3 is 12.1 Å². The highest BCUT2D eigenvalue weighted by Gasteiger charge is 2.29. The molecule has 35 heavy (non-hydrogen) atoms. The molecule has 0 unspecified atom stereocenters. The van der Waals surface area contributed by atoms with Crippen LogP contribution in [-0.2, 0) is 13.1 Å². The second-order valence-corrected chi connectivity index (χ2v) is 10.1. The standard InChI is InChI=1S/C26H29F3N4O2/c1-26(2,3)15-30-24(34)32-10-8-17(9-11-32)16-4-6-19(7-5-16)31-25(35)33-13-18-12-21(27)23(29)22(28)20(18)14-33/h4-8,12H,9-11,13-15H2,1-3H3,(H,30,34)(H,31,35). The summed E-state index contributed by atoms with van der Waals surface area (Å²) in [6, 6.07) is 7.69. The van der Waals surface area contributed by atoms with Crippen molar-refractivity contribution < 1.29 is 22.8 Å². The minimum atomic E-state index is -1.52. The van der Waals surface area contributed by atoms with Gasteiger partial charge < -0.3 is 20.4 Å². The van der Waals surface area contributed by atoms with Gasteiger partial charge in [-0.25, -0.2) is 22.8 Å². The minimum absolute atomic E-state index is 0.0000854. The Morgan fingerprint density at radius 2 is 1.69 bits per heavy atom. The van der Waals surface area contributed by atoms with Crippen molar-refractivity contribution in [1.29, 1.82) is 0 Å². The van der Waals surface area contributed by atoms with Gasteiger partial charge in [0.2, 0.25) is 0 Å². The number of nitrogens with one attached hydrogen (secondary N) is 2. The normalized spacial score (nSPS) is 15.5. The number of carbonyl (C=O) groups excluding carboxylic acids is 2. The number of carbonyl (C=O) groups is 2. The lowest BCUT2D eigenvalue weighted by atomic mass is 9.97. The van der Waals surface area contributed by atoms with Crippen molar-refractivity contribution in [1.82, 2.24) is 15.1 Å². The van der Waals surface area contributed by atoms with Crippen LogP contribution in [0.4, 0.5) is 28.4 Å². The van der Waals surface area contributed by atoms with E-state index in [2.05, 4.69) is 31.4 Å². The number of fused-ring (bicyclic) bond motifs is 1. The van der Waals surface area contributed by atoms with Crippen molar-refractivity contribution in [2.45, 2.75) is 40.3 Å². The molecular formula is C26H29F3N4O2. The van der Waals surface area contributed by atoms with Gasteiger partial charge in [-0.15, -0.1) is 0 Å². The Labute approximate surface area is 202 Å². The first-order valence-electron chi connectivity index (χ1n) is 11.6. The maximum absolute atomic E-state index is 14.0. The van der Waals surface area contributed by atoms with Gasteiger partial charge in [0.25, 0.3) is 0 Å². The van der Waals surface area contributed by atoms with Crippen molar-refractivity contribution in [3.8, 4) is 0 Å². The molecular weight excluding hydrogens is 457 g/mol. The predicted molar refractivity (Wildman–Crippen MR) is 128 cm³/mol. The Hall–Kier alpha value is -3.49. The summed E-state index contributed by atoms with van der Waals surface area (Å²) in [5.41, 5.74) is 2.95. The lowest BCUT2D eigenvalue weighted by molar-refractivity contribution is 0.198. The second kappa shape index (κ2) is 9.64. The topological polar surface area (TPSA) is 64.7 Å². The van der Waals surface area contributed by atoms with Crippen LogP contribution in [0.5, 0.6) is 0 Å². The third-order valence-electron chi connectivity index (χ3n) is 6.13. The van der Waals surface area contributed by atoms with Gasteiger partial charge in [0.05, 0.1) is 6.54 Å². The molecule has 2 aromatic carbocycles. The third-order valence-corrected chi connectivity index (χ3v) is 6.13. The summed E-state index contributed by atoms with van der Waals surface area (Å²) in [4.78, 5) is 28.0. The minimum Gasteiger partial charge on any atom is -0.337 e. The fourth-order valence-electron chi connectivity index (χ4n) is 4.13. The van der Waals surface area contributed by atoms with Crippen LogP contribution in [0.1, 0.15) is 43.9 Å². The molecule has 4 rings (SSSR count). The van der Waals surface area contributed by atoms with Crippen LogP contribution in [0.3, 0.4) is 0 Å². The van der Waals surface area contributed by atoms with Crippen LogP contribution in [0.2, 0.25) is 0 Å². The number of anilines is 1. The van der Waals surface area contributed by atoms with E-state index in [4.69, 9.17) is 0 Å². The number of halogens is 3. The summed E-state index contributed by atoms with van der Waals surface area (Å²) in [6.45, 7) is 7.83. The van der Waals surface area contributed by atoms with Crippen molar-refractivity contribution in [3.05, 3.63) is 70.5 Å². The van der Waals surface area contributed by atoms with Gasteiger partial charge in [0, 0.05) is 37.4 Å². The van der Waals surface area contributed by atoms with Gasteiger partial charge in [0.15, 0.2) is 17.5 Å². The third kappa shape index (κ3) is 5.61. The molecule has 6 nitrogen and oxygen atoms in total.